The van der Waals surface area contributed by atoms with E-state index in [2.05, 4.69) is 175 Å². The van der Waals surface area contributed by atoms with E-state index < -0.39 is 0 Å². The van der Waals surface area contributed by atoms with Gasteiger partial charge in [-0.25, -0.2) is 0 Å². The first-order chi connectivity index (χ1) is 24.5. The molecule has 0 aliphatic carbocycles. The highest BCUT2D eigenvalue weighted by atomic mass is 16.3. The van der Waals surface area contributed by atoms with Crippen LogP contribution < -0.4 is 0 Å². The van der Waals surface area contributed by atoms with Crippen LogP contribution in [0.1, 0.15) is 52.7 Å². The molecule has 0 amide bonds. The lowest BCUT2D eigenvalue weighted by Gasteiger charge is -2.25. The lowest BCUT2D eigenvalue weighted by atomic mass is 9.79. The molecule has 0 aliphatic rings. The normalized spacial score (nSPS) is 12.5. The van der Waals surface area contributed by atoms with Gasteiger partial charge in [0.15, 0.2) is 0 Å². The summed E-state index contributed by atoms with van der Waals surface area (Å²) in [6.45, 7) is 13.8. The number of para-hydroxylation sites is 1. The molecule has 9 aromatic rings. The molecule has 0 N–H and O–H groups in total. The minimum atomic E-state index is 0.0228. The van der Waals surface area contributed by atoms with Gasteiger partial charge in [-0.05, 0) is 130 Å². The van der Waals surface area contributed by atoms with E-state index in [1.807, 2.05) is 12.1 Å². The van der Waals surface area contributed by atoms with Crippen molar-refractivity contribution in [3.63, 3.8) is 0 Å². The van der Waals surface area contributed by atoms with Gasteiger partial charge in [-0.2, -0.15) is 0 Å². The first kappa shape index (κ1) is 31.3. The Morgan fingerprint density at radius 3 is 1.49 bits per heavy atom. The quantitative estimate of drug-likeness (QED) is 0.172. The van der Waals surface area contributed by atoms with Crippen molar-refractivity contribution in [2.24, 2.45) is 0 Å². The maximum Gasteiger partial charge on any atom is 0.135 e. The molecule has 1 nitrogen and oxygen atoms in total. The summed E-state index contributed by atoms with van der Waals surface area (Å²) in [7, 11) is 0. The summed E-state index contributed by atoms with van der Waals surface area (Å²) in [6.07, 6.45) is 0. The second-order valence-corrected chi connectivity index (χ2v) is 16.2. The SMILES string of the molecule is CC(C)(C)c1ccc2c(-c3ccc4cc(-c5ccc6oc7ccccc7c6c5)ccc4c3)c3cc(C(C)(C)C)ccc3c(-c3ccccc3)c2c1. The Labute approximate surface area is 300 Å². The van der Waals surface area contributed by atoms with Gasteiger partial charge in [-0.3, -0.25) is 0 Å². The Hall–Kier alpha value is -5.66. The third kappa shape index (κ3) is 5.31. The van der Waals surface area contributed by atoms with E-state index in [0.717, 1.165) is 21.9 Å². The molecule has 0 spiro atoms. The van der Waals surface area contributed by atoms with Crippen LogP contribution in [-0.4, -0.2) is 0 Å². The van der Waals surface area contributed by atoms with Crippen LogP contribution in [0.3, 0.4) is 0 Å². The van der Waals surface area contributed by atoms with Crippen molar-refractivity contribution in [3.8, 4) is 33.4 Å². The van der Waals surface area contributed by atoms with Gasteiger partial charge >= 0.3 is 0 Å². The summed E-state index contributed by atoms with van der Waals surface area (Å²) in [5, 5.41) is 9.96. The molecule has 248 valence electrons. The van der Waals surface area contributed by atoms with Crippen LogP contribution in [0.25, 0.3) is 87.6 Å². The monoisotopic (exact) mass is 658 g/mol. The topological polar surface area (TPSA) is 13.1 Å². The second kappa shape index (κ2) is 11.4. The molecule has 0 radical (unpaired) electrons. The van der Waals surface area contributed by atoms with Crippen molar-refractivity contribution in [2.45, 2.75) is 52.4 Å². The fraction of sp³-hybridized carbons (Fsp3) is 0.160. The molecule has 1 aromatic heterocycles. The maximum absolute atomic E-state index is 6.11. The summed E-state index contributed by atoms with van der Waals surface area (Å²) in [5.41, 5.74) is 12.1. The minimum absolute atomic E-state index is 0.0228. The summed E-state index contributed by atoms with van der Waals surface area (Å²) < 4.78 is 6.11. The molecule has 0 saturated heterocycles. The smallest absolute Gasteiger partial charge is 0.135 e. The first-order valence-corrected chi connectivity index (χ1v) is 18.1. The zero-order chi connectivity index (χ0) is 35.1. The Morgan fingerprint density at radius 1 is 0.333 bits per heavy atom. The van der Waals surface area contributed by atoms with Gasteiger partial charge in [0, 0.05) is 10.8 Å². The molecule has 9 rings (SSSR count). The Morgan fingerprint density at radius 2 is 0.843 bits per heavy atom. The number of fused-ring (bicyclic) bond motifs is 6. The summed E-state index contributed by atoms with van der Waals surface area (Å²) in [5.74, 6) is 0. The second-order valence-electron chi connectivity index (χ2n) is 16.2. The predicted octanol–water partition coefficient (Wildman–Crippen LogP) is 14.6. The van der Waals surface area contributed by atoms with Crippen LogP contribution in [0.5, 0.6) is 0 Å². The van der Waals surface area contributed by atoms with Crippen LogP contribution in [0.2, 0.25) is 0 Å². The van der Waals surface area contributed by atoms with Crippen LogP contribution >= 0.6 is 0 Å². The van der Waals surface area contributed by atoms with Crippen molar-refractivity contribution in [1.82, 2.24) is 0 Å². The molecular weight excluding hydrogens is 617 g/mol. The van der Waals surface area contributed by atoms with E-state index in [-0.39, 0.29) is 10.8 Å². The molecule has 8 aromatic carbocycles. The molecule has 0 atom stereocenters. The van der Waals surface area contributed by atoms with Crippen molar-refractivity contribution >= 4 is 54.3 Å². The highest BCUT2D eigenvalue weighted by Crippen LogP contribution is 2.46. The average molecular weight is 659 g/mol. The molecule has 0 aliphatic heterocycles. The number of benzene rings is 8. The lowest BCUT2D eigenvalue weighted by molar-refractivity contribution is 0.590. The highest BCUT2D eigenvalue weighted by molar-refractivity contribution is 6.22. The Kier molecular flexibility index (Phi) is 7.03. The fourth-order valence-corrected chi connectivity index (χ4v) is 7.87. The van der Waals surface area contributed by atoms with Gasteiger partial charge in [0.25, 0.3) is 0 Å². The molecule has 1 heterocycles. The molecule has 0 saturated carbocycles. The predicted molar refractivity (Wildman–Crippen MR) is 220 cm³/mol. The van der Waals surface area contributed by atoms with E-state index in [9.17, 15) is 0 Å². The van der Waals surface area contributed by atoms with Crippen LogP contribution in [0, 0.1) is 0 Å². The number of hydrogen-bond acceptors (Lipinski definition) is 1. The van der Waals surface area contributed by atoms with Gasteiger partial charge in [0.05, 0.1) is 0 Å². The van der Waals surface area contributed by atoms with Crippen LogP contribution in [-0.2, 0) is 10.8 Å². The highest BCUT2D eigenvalue weighted by Gasteiger charge is 2.23. The molecule has 0 bridgehead atoms. The largest absolute Gasteiger partial charge is 0.456 e. The van der Waals surface area contributed by atoms with Crippen molar-refractivity contribution in [2.75, 3.05) is 0 Å². The van der Waals surface area contributed by atoms with Crippen molar-refractivity contribution < 1.29 is 4.42 Å². The molecule has 0 fully saturated rings. The van der Waals surface area contributed by atoms with Crippen molar-refractivity contribution in [1.29, 1.82) is 0 Å². The number of hydrogen-bond donors (Lipinski definition) is 0. The zero-order valence-corrected chi connectivity index (χ0v) is 30.3. The molecule has 51 heavy (non-hydrogen) atoms. The Bertz CT molecular complexity index is 2800. The lowest BCUT2D eigenvalue weighted by Crippen LogP contribution is -2.11. The first-order valence-electron chi connectivity index (χ1n) is 18.1. The van der Waals surface area contributed by atoms with Gasteiger partial charge in [0.2, 0.25) is 0 Å². The van der Waals surface area contributed by atoms with Gasteiger partial charge in [-0.1, -0.05) is 145 Å². The van der Waals surface area contributed by atoms with Gasteiger partial charge < -0.3 is 4.42 Å². The third-order valence-electron chi connectivity index (χ3n) is 10.7. The van der Waals surface area contributed by atoms with Gasteiger partial charge in [0.1, 0.15) is 11.2 Å². The standard InChI is InChI=1S/C50H42O/c1-49(2,3)37-22-24-41-43(29-37)47(31-12-8-7-9-13-31)40-23-21-38(50(4,5)6)30-44(40)48(41)36-19-18-32-26-33(16-17-34(32)27-36)35-20-25-46-42(28-35)39-14-10-11-15-45(39)51-46/h7-30H,1-6H3. The van der Waals surface area contributed by atoms with E-state index in [0.29, 0.717) is 0 Å². The van der Waals surface area contributed by atoms with Gasteiger partial charge in [-0.15, -0.1) is 0 Å². The minimum Gasteiger partial charge on any atom is -0.456 e. The number of rotatable bonds is 3. The van der Waals surface area contributed by atoms with E-state index >= 15 is 0 Å². The maximum atomic E-state index is 6.11. The van der Waals surface area contributed by atoms with E-state index in [1.54, 1.807) is 0 Å². The molecule has 0 unspecified atom stereocenters. The van der Waals surface area contributed by atoms with Crippen LogP contribution in [0.15, 0.2) is 150 Å². The Balaban J connectivity index is 1.27. The van der Waals surface area contributed by atoms with E-state index in [4.69, 9.17) is 4.42 Å². The molecular formula is C50H42O. The average Bonchev–Trinajstić information content (AvgIpc) is 3.50. The molecule has 1 heteroatoms. The summed E-state index contributed by atoms with van der Waals surface area (Å²) >= 11 is 0. The van der Waals surface area contributed by atoms with E-state index in [1.165, 1.54) is 76.8 Å². The van der Waals surface area contributed by atoms with Crippen LogP contribution in [0.4, 0.5) is 0 Å². The fourth-order valence-electron chi connectivity index (χ4n) is 7.87. The zero-order valence-electron chi connectivity index (χ0n) is 30.3. The number of furan rings is 1. The summed E-state index contributed by atoms with van der Waals surface area (Å²) in [6, 6.07) is 54.0. The summed E-state index contributed by atoms with van der Waals surface area (Å²) in [4.78, 5) is 0. The van der Waals surface area contributed by atoms with Crippen molar-refractivity contribution in [3.05, 3.63) is 157 Å². The third-order valence-corrected chi connectivity index (χ3v) is 10.7.